The minimum atomic E-state index is -1.08. The molecule has 0 saturated carbocycles. The predicted octanol–water partition coefficient (Wildman–Crippen LogP) is 1.26. The molecule has 4 heteroatoms. The van der Waals surface area contributed by atoms with Gasteiger partial charge in [-0.1, -0.05) is 13.8 Å². The molecule has 2 atom stereocenters. The number of hydrogen-bond donors (Lipinski definition) is 2. The first-order valence-electron chi connectivity index (χ1n) is 4.87. The van der Waals surface area contributed by atoms with E-state index in [1.165, 1.54) is 6.92 Å². The summed E-state index contributed by atoms with van der Waals surface area (Å²) in [7, 11) is 0. The van der Waals surface area contributed by atoms with Gasteiger partial charge in [0.2, 0.25) is 5.91 Å². The van der Waals surface area contributed by atoms with E-state index in [1.54, 1.807) is 0 Å². The van der Waals surface area contributed by atoms with Gasteiger partial charge in [0.05, 0.1) is 0 Å². The molecule has 0 fully saturated rings. The van der Waals surface area contributed by atoms with Crippen LogP contribution in [0, 0.1) is 11.8 Å². The van der Waals surface area contributed by atoms with Crippen LogP contribution in [0.1, 0.15) is 34.1 Å². The van der Waals surface area contributed by atoms with Crippen molar-refractivity contribution in [3.63, 3.8) is 0 Å². The van der Waals surface area contributed by atoms with Crippen LogP contribution in [-0.4, -0.2) is 23.0 Å². The Morgan fingerprint density at radius 2 is 1.71 bits per heavy atom. The number of rotatable bonds is 5. The summed E-state index contributed by atoms with van der Waals surface area (Å²) in [5, 5.41) is 11.3. The highest BCUT2D eigenvalue weighted by atomic mass is 16.4. The lowest BCUT2D eigenvalue weighted by Crippen LogP contribution is -2.39. The molecule has 14 heavy (non-hydrogen) atoms. The van der Waals surface area contributed by atoms with Gasteiger partial charge in [0.1, 0.15) is 5.92 Å². The molecule has 0 heterocycles. The second-order valence-electron chi connectivity index (χ2n) is 4.10. The molecule has 0 aromatic heterocycles. The quantitative estimate of drug-likeness (QED) is 0.658. The average Bonchev–Trinajstić information content (AvgIpc) is 2.00. The Hall–Kier alpha value is -1.06. The summed E-state index contributed by atoms with van der Waals surface area (Å²) >= 11 is 0. The number of nitrogens with one attached hydrogen (secondary N) is 1. The van der Waals surface area contributed by atoms with E-state index in [-0.39, 0.29) is 6.04 Å². The fourth-order valence-corrected chi connectivity index (χ4v) is 1.25. The lowest BCUT2D eigenvalue weighted by molar-refractivity contribution is -0.146. The molecule has 0 spiro atoms. The van der Waals surface area contributed by atoms with Crippen LogP contribution in [0.3, 0.4) is 0 Å². The van der Waals surface area contributed by atoms with Gasteiger partial charge in [0.25, 0.3) is 0 Å². The zero-order valence-corrected chi connectivity index (χ0v) is 9.20. The maximum Gasteiger partial charge on any atom is 0.315 e. The first-order valence-corrected chi connectivity index (χ1v) is 4.87. The fraction of sp³-hybridized carbons (Fsp3) is 0.800. The summed E-state index contributed by atoms with van der Waals surface area (Å²) in [5.41, 5.74) is 0. The van der Waals surface area contributed by atoms with E-state index in [9.17, 15) is 9.59 Å². The molecule has 2 N–H and O–H groups in total. The van der Waals surface area contributed by atoms with Gasteiger partial charge in [-0.15, -0.1) is 0 Å². The maximum atomic E-state index is 11.3. The van der Waals surface area contributed by atoms with Crippen molar-refractivity contribution < 1.29 is 14.7 Å². The Balaban J connectivity index is 3.99. The van der Waals surface area contributed by atoms with Crippen molar-refractivity contribution >= 4 is 11.9 Å². The number of carbonyl (C=O) groups is 2. The van der Waals surface area contributed by atoms with Crippen molar-refractivity contribution in [1.82, 2.24) is 5.32 Å². The topological polar surface area (TPSA) is 66.4 Å². The minimum Gasteiger partial charge on any atom is -0.481 e. The first-order chi connectivity index (χ1) is 6.34. The molecule has 0 aliphatic rings. The molecule has 0 bridgehead atoms. The van der Waals surface area contributed by atoms with Gasteiger partial charge in [-0.05, 0) is 26.2 Å². The van der Waals surface area contributed by atoms with Gasteiger partial charge in [-0.2, -0.15) is 0 Å². The molecule has 0 saturated heterocycles. The second kappa shape index (κ2) is 5.62. The highest BCUT2D eigenvalue weighted by molar-refractivity contribution is 5.96. The smallest absolute Gasteiger partial charge is 0.315 e. The van der Waals surface area contributed by atoms with Crippen molar-refractivity contribution in [2.45, 2.75) is 40.2 Å². The van der Waals surface area contributed by atoms with Crippen molar-refractivity contribution in [2.75, 3.05) is 0 Å². The predicted molar refractivity (Wildman–Crippen MR) is 53.9 cm³/mol. The normalized spacial score (nSPS) is 14.9. The van der Waals surface area contributed by atoms with Gasteiger partial charge in [-0.25, -0.2) is 0 Å². The Labute approximate surface area is 84.7 Å². The Kier molecular flexibility index (Phi) is 5.20. The van der Waals surface area contributed by atoms with Crippen LogP contribution in [0.15, 0.2) is 0 Å². The third-order valence-corrected chi connectivity index (χ3v) is 1.98. The maximum absolute atomic E-state index is 11.3. The summed E-state index contributed by atoms with van der Waals surface area (Å²) in [6.45, 7) is 7.39. The van der Waals surface area contributed by atoms with Crippen molar-refractivity contribution in [1.29, 1.82) is 0 Å². The molecule has 0 aromatic rings. The molecule has 0 aromatic carbocycles. The number of aliphatic carboxylic acids is 1. The van der Waals surface area contributed by atoms with Crippen molar-refractivity contribution in [3.05, 3.63) is 0 Å². The Morgan fingerprint density at radius 1 is 1.21 bits per heavy atom. The van der Waals surface area contributed by atoms with Gasteiger partial charge >= 0.3 is 5.97 Å². The van der Waals surface area contributed by atoms with Crippen molar-refractivity contribution in [2.24, 2.45) is 11.8 Å². The molecule has 0 aliphatic carbocycles. The van der Waals surface area contributed by atoms with E-state index in [1.807, 2.05) is 6.92 Å². The van der Waals surface area contributed by atoms with Crippen LogP contribution in [0.4, 0.5) is 0 Å². The van der Waals surface area contributed by atoms with Crippen LogP contribution < -0.4 is 5.32 Å². The first kappa shape index (κ1) is 12.9. The summed E-state index contributed by atoms with van der Waals surface area (Å²) in [6, 6.07) is 0.0318. The summed E-state index contributed by atoms with van der Waals surface area (Å²) in [6.07, 6.45) is 0.859. The third-order valence-electron chi connectivity index (χ3n) is 1.98. The van der Waals surface area contributed by atoms with Gasteiger partial charge in [0.15, 0.2) is 0 Å². The second-order valence-corrected chi connectivity index (χ2v) is 4.10. The van der Waals surface area contributed by atoms with Crippen LogP contribution in [-0.2, 0) is 9.59 Å². The third kappa shape index (κ3) is 4.84. The standard InChI is InChI=1S/C10H19NO3/c1-6(2)5-7(3)11-9(12)8(4)10(13)14/h6-8H,5H2,1-4H3,(H,11,12)(H,13,14). The number of amides is 1. The number of carbonyl (C=O) groups excluding carboxylic acids is 1. The van der Waals surface area contributed by atoms with Crippen LogP contribution in [0.5, 0.6) is 0 Å². The van der Waals surface area contributed by atoms with E-state index in [4.69, 9.17) is 5.11 Å². The van der Waals surface area contributed by atoms with Gasteiger partial charge < -0.3 is 10.4 Å². The molecular formula is C10H19NO3. The van der Waals surface area contributed by atoms with E-state index < -0.39 is 17.8 Å². The lowest BCUT2D eigenvalue weighted by atomic mass is 10.0. The molecule has 1 amide bonds. The molecule has 2 unspecified atom stereocenters. The van der Waals surface area contributed by atoms with Gasteiger partial charge in [-0.3, -0.25) is 9.59 Å². The van der Waals surface area contributed by atoms with Crippen molar-refractivity contribution in [3.8, 4) is 0 Å². The average molecular weight is 201 g/mol. The monoisotopic (exact) mass is 201 g/mol. The van der Waals surface area contributed by atoms with E-state index in [2.05, 4.69) is 19.2 Å². The highest BCUT2D eigenvalue weighted by Gasteiger charge is 2.21. The zero-order chi connectivity index (χ0) is 11.3. The van der Waals surface area contributed by atoms with E-state index in [0.717, 1.165) is 6.42 Å². The molecular weight excluding hydrogens is 182 g/mol. The lowest BCUT2D eigenvalue weighted by Gasteiger charge is -2.17. The molecule has 0 aliphatic heterocycles. The summed E-state index contributed by atoms with van der Waals surface area (Å²) < 4.78 is 0. The van der Waals surface area contributed by atoms with Crippen LogP contribution >= 0.6 is 0 Å². The SMILES string of the molecule is CC(C)CC(C)NC(=O)C(C)C(=O)O. The number of carboxylic acids is 1. The molecule has 4 nitrogen and oxygen atoms in total. The summed E-state index contributed by atoms with van der Waals surface area (Å²) in [5.74, 6) is -1.97. The molecule has 0 radical (unpaired) electrons. The van der Waals surface area contributed by atoms with Crippen LogP contribution in [0.2, 0.25) is 0 Å². The number of carboxylic acid groups (broad SMARTS) is 1. The zero-order valence-electron chi connectivity index (χ0n) is 9.20. The Bertz CT molecular complexity index is 213. The van der Waals surface area contributed by atoms with E-state index in [0.29, 0.717) is 5.92 Å². The fourth-order valence-electron chi connectivity index (χ4n) is 1.25. The van der Waals surface area contributed by atoms with E-state index >= 15 is 0 Å². The minimum absolute atomic E-state index is 0.0318. The largest absolute Gasteiger partial charge is 0.481 e. The number of hydrogen-bond acceptors (Lipinski definition) is 2. The van der Waals surface area contributed by atoms with Crippen LogP contribution in [0.25, 0.3) is 0 Å². The molecule has 82 valence electrons. The van der Waals surface area contributed by atoms with Gasteiger partial charge in [0, 0.05) is 6.04 Å². The summed E-state index contributed by atoms with van der Waals surface area (Å²) in [4.78, 5) is 21.8. The molecule has 0 rings (SSSR count). The highest BCUT2D eigenvalue weighted by Crippen LogP contribution is 2.05. The Morgan fingerprint density at radius 3 is 2.07 bits per heavy atom.